The van der Waals surface area contributed by atoms with Crippen LogP contribution >= 0.6 is 0 Å². The van der Waals surface area contributed by atoms with Gasteiger partial charge in [0.2, 0.25) is 5.91 Å². The molecule has 0 unspecified atom stereocenters. The van der Waals surface area contributed by atoms with E-state index < -0.39 is 0 Å². The number of para-hydroxylation sites is 1. The molecule has 144 valence electrons. The monoisotopic (exact) mass is 367 g/mol. The van der Waals surface area contributed by atoms with Crippen LogP contribution in [0.2, 0.25) is 0 Å². The first kappa shape index (κ1) is 19.4. The topological polar surface area (TPSA) is 44.8 Å². The fraction of sp³-hybridized carbons (Fsp3) is 0.409. The van der Waals surface area contributed by atoms with E-state index in [0.29, 0.717) is 19.7 Å². The van der Waals surface area contributed by atoms with E-state index in [4.69, 9.17) is 4.74 Å². The highest BCUT2D eigenvalue weighted by molar-refractivity contribution is 5.78. The zero-order chi connectivity index (χ0) is 18.7. The second-order valence-corrected chi connectivity index (χ2v) is 6.90. The number of ether oxygens (including phenoxy) is 1. The van der Waals surface area contributed by atoms with Crippen LogP contribution in [-0.2, 0) is 11.3 Å². The number of rotatable bonds is 8. The third kappa shape index (κ3) is 7.04. The Morgan fingerprint density at radius 1 is 0.889 bits per heavy atom. The van der Waals surface area contributed by atoms with Crippen LogP contribution in [0.25, 0.3) is 0 Å². The zero-order valence-corrected chi connectivity index (χ0v) is 15.8. The van der Waals surface area contributed by atoms with E-state index in [9.17, 15) is 4.79 Å². The Hall–Kier alpha value is -2.37. The van der Waals surface area contributed by atoms with E-state index >= 15 is 0 Å². The molecule has 1 aliphatic heterocycles. The highest BCUT2D eigenvalue weighted by Crippen LogP contribution is 2.09. The number of benzene rings is 2. The summed E-state index contributed by atoms with van der Waals surface area (Å²) >= 11 is 0. The van der Waals surface area contributed by atoms with Gasteiger partial charge in [-0.25, -0.2) is 0 Å². The lowest BCUT2D eigenvalue weighted by molar-refractivity contribution is -0.122. The van der Waals surface area contributed by atoms with Crippen LogP contribution in [0, 0.1) is 0 Å². The Bertz CT molecular complexity index is 678. The van der Waals surface area contributed by atoms with Crippen molar-refractivity contribution >= 4 is 5.91 Å². The van der Waals surface area contributed by atoms with Crippen LogP contribution in [0.15, 0.2) is 60.7 Å². The fourth-order valence-corrected chi connectivity index (χ4v) is 3.32. The molecule has 2 aromatic rings. The second-order valence-electron chi connectivity index (χ2n) is 6.90. The molecule has 1 amide bonds. The molecule has 5 nitrogen and oxygen atoms in total. The van der Waals surface area contributed by atoms with Gasteiger partial charge in [-0.05, 0) is 37.2 Å². The van der Waals surface area contributed by atoms with Crippen molar-refractivity contribution in [2.75, 3.05) is 45.9 Å². The van der Waals surface area contributed by atoms with Gasteiger partial charge >= 0.3 is 0 Å². The van der Waals surface area contributed by atoms with Crippen molar-refractivity contribution in [3.05, 3.63) is 66.2 Å². The van der Waals surface area contributed by atoms with Crippen LogP contribution < -0.4 is 10.1 Å². The minimum Gasteiger partial charge on any atom is -0.492 e. The minimum absolute atomic E-state index is 0.0724. The van der Waals surface area contributed by atoms with Gasteiger partial charge in [0.05, 0.1) is 13.1 Å². The van der Waals surface area contributed by atoms with Gasteiger partial charge in [-0.15, -0.1) is 0 Å². The number of hydrogen-bond acceptors (Lipinski definition) is 4. The SMILES string of the molecule is O=C(CN1CCCN(Cc2ccccc2)CC1)NCCOc1ccccc1. The summed E-state index contributed by atoms with van der Waals surface area (Å²) in [6.07, 6.45) is 1.09. The summed E-state index contributed by atoms with van der Waals surface area (Å²) in [5.74, 6) is 0.904. The molecule has 3 rings (SSSR count). The molecule has 0 saturated carbocycles. The molecule has 0 atom stereocenters. The molecule has 1 heterocycles. The fourth-order valence-electron chi connectivity index (χ4n) is 3.32. The summed E-state index contributed by atoms with van der Waals surface area (Å²) in [6, 6.07) is 20.2. The first-order chi connectivity index (χ1) is 13.3. The largest absolute Gasteiger partial charge is 0.492 e. The van der Waals surface area contributed by atoms with E-state index in [1.54, 1.807) is 0 Å². The summed E-state index contributed by atoms with van der Waals surface area (Å²) in [6.45, 7) is 6.45. The molecule has 0 aromatic heterocycles. The average molecular weight is 367 g/mol. The molecule has 27 heavy (non-hydrogen) atoms. The van der Waals surface area contributed by atoms with E-state index in [-0.39, 0.29) is 5.91 Å². The summed E-state index contributed by atoms with van der Waals surface area (Å²) in [5, 5.41) is 2.95. The van der Waals surface area contributed by atoms with Gasteiger partial charge in [0.1, 0.15) is 12.4 Å². The van der Waals surface area contributed by atoms with Crippen molar-refractivity contribution in [2.24, 2.45) is 0 Å². The lowest BCUT2D eigenvalue weighted by Gasteiger charge is -2.21. The highest BCUT2D eigenvalue weighted by atomic mass is 16.5. The molecular weight excluding hydrogens is 338 g/mol. The predicted molar refractivity (Wildman–Crippen MR) is 108 cm³/mol. The van der Waals surface area contributed by atoms with Crippen LogP contribution in [0.3, 0.4) is 0 Å². The van der Waals surface area contributed by atoms with Crippen molar-refractivity contribution in [3.8, 4) is 5.75 Å². The maximum Gasteiger partial charge on any atom is 0.234 e. The summed E-state index contributed by atoms with van der Waals surface area (Å²) in [4.78, 5) is 16.9. The van der Waals surface area contributed by atoms with Gasteiger partial charge in [0.25, 0.3) is 0 Å². The third-order valence-corrected chi connectivity index (χ3v) is 4.73. The smallest absolute Gasteiger partial charge is 0.234 e. The number of nitrogens with one attached hydrogen (secondary N) is 1. The molecule has 0 aliphatic carbocycles. The quantitative estimate of drug-likeness (QED) is 0.728. The molecule has 1 aliphatic rings. The Morgan fingerprint density at radius 2 is 1.56 bits per heavy atom. The summed E-state index contributed by atoms with van der Waals surface area (Å²) in [7, 11) is 0. The van der Waals surface area contributed by atoms with Crippen molar-refractivity contribution in [1.82, 2.24) is 15.1 Å². The zero-order valence-electron chi connectivity index (χ0n) is 15.8. The van der Waals surface area contributed by atoms with Gasteiger partial charge in [-0.2, -0.15) is 0 Å². The first-order valence-corrected chi connectivity index (χ1v) is 9.73. The third-order valence-electron chi connectivity index (χ3n) is 4.73. The van der Waals surface area contributed by atoms with Gasteiger partial charge in [0, 0.05) is 19.6 Å². The number of carbonyl (C=O) groups excluding carboxylic acids is 1. The summed E-state index contributed by atoms with van der Waals surface area (Å²) < 4.78 is 5.60. The minimum atomic E-state index is 0.0724. The van der Waals surface area contributed by atoms with E-state index in [2.05, 4.69) is 45.4 Å². The number of carbonyl (C=O) groups is 1. The molecule has 1 saturated heterocycles. The van der Waals surface area contributed by atoms with Gasteiger partial charge in [-0.3, -0.25) is 14.6 Å². The van der Waals surface area contributed by atoms with Crippen molar-refractivity contribution in [2.45, 2.75) is 13.0 Å². The number of hydrogen-bond donors (Lipinski definition) is 1. The molecule has 0 spiro atoms. The van der Waals surface area contributed by atoms with Gasteiger partial charge < -0.3 is 10.1 Å². The van der Waals surface area contributed by atoms with Crippen LogP contribution in [0.4, 0.5) is 0 Å². The van der Waals surface area contributed by atoms with Crippen molar-refractivity contribution < 1.29 is 9.53 Å². The van der Waals surface area contributed by atoms with Crippen LogP contribution in [0.1, 0.15) is 12.0 Å². The normalized spacial score (nSPS) is 15.9. The van der Waals surface area contributed by atoms with Crippen LogP contribution in [-0.4, -0.2) is 61.6 Å². The number of nitrogens with zero attached hydrogens (tertiary/aromatic N) is 2. The highest BCUT2D eigenvalue weighted by Gasteiger charge is 2.17. The maximum absolute atomic E-state index is 12.2. The second kappa shape index (κ2) is 10.7. The Labute approximate surface area is 161 Å². The Morgan fingerprint density at radius 3 is 2.33 bits per heavy atom. The van der Waals surface area contributed by atoms with Crippen molar-refractivity contribution in [3.63, 3.8) is 0 Å². The lowest BCUT2D eigenvalue weighted by atomic mass is 10.2. The molecule has 2 aromatic carbocycles. The summed E-state index contributed by atoms with van der Waals surface area (Å²) in [5.41, 5.74) is 1.35. The molecule has 0 radical (unpaired) electrons. The molecular formula is C22H29N3O2. The molecule has 5 heteroatoms. The molecule has 1 N–H and O–H groups in total. The van der Waals surface area contributed by atoms with Crippen LogP contribution in [0.5, 0.6) is 5.75 Å². The van der Waals surface area contributed by atoms with E-state index in [1.165, 1.54) is 5.56 Å². The average Bonchev–Trinajstić information content (AvgIpc) is 2.92. The molecule has 0 bridgehead atoms. The van der Waals surface area contributed by atoms with Crippen molar-refractivity contribution in [1.29, 1.82) is 0 Å². The Balaban J connectivity index is 1.32. The Kier molecular flexibility index (Phi) is 7.69. The number of amides is 1. The standard InChI is InChI=1S/C22H29N3O2/c26-22(23-12-17-27-21-10-5-2-6-11-21)19-25-14-7-13-24(15-16-25)18-20-8-3-1-4-9-20/h1-6,8-11H,7,12-19H2,(H,23,26). The predicted octanol–water partition coefficient (Wildman–Crippen LogP) is 2.39. The van der Waals surface area contributed by atoms with E-state index in [0.717, 1.165) is 44.9 Å². The lowest BCUT2D eigenvalue weighted by Crippen LogP contribution is -2.40. The van der Waals surface area contributed by atoms with Gasteiger partial charge in [0.15, 0.2) is 0 Å². The maximum atomic E-state index is 12.2. The van der Waals surface area contributed by atoms with E-state index in [1.807, 2.05) is 30.3 Å². The van der Waals surface area contributed by atoms with Gasteiger partial charge in [-0.1, -0.05) is 48.5 Å². The first-order valence-electron chi connectivity index (χ1n) is 9.73. The molecule has 1 fully saturated rings.